The summed E-state index contributed by atoms with van der Waals surface area (Å²) in [7, 11) is -3.51. The van der Waals surface area contributed by atoms with E-state index in [2.05, 4.69) is 10.5 Å². The molecule has 144 valence electrons. The number of sulfonamides is 1. The Hall–Kier alpha value is -2.17. The van der Waals surface area contributed by atoms with Crippen LogP contribution in [0.1, 0.15) is 18.4 Å². The third-order valence-electron chi connectivity index (χ3n) is 4.25. The Kier molecular flexibility index (Phi) is 5.98. The van der Waals surface area contributed by atoms with Crippen molar-refractivity contribution < 1.29 is 22.0 Å². The first-order valence-corrected chi connectivity index (χ1v) is 10.5. The van der Waals surface area contributed by atoms with Gasteiger partial charge in [-0.3, -0.25) is 4.79 Å². The molecule has 2 heterocycles. The highest BCUT2D eigenvalue weighted by Crippen LogP contribution is 2.26. The Morgan fingerprint density at radius 1 is 1.26 bits per heavy atom. The van der Waals surface area contributed by atoms with Gasteiger partial charge in [0.15, 0.2) is 0 Å². The molecule has 6 nitrogen and oxygen atoms in total. The summed E-state index contributed by atoms with van der Waals surface area (Å²) in [6.07, 6.45) is 1.84. The number of halogens is 2. The fourth-order valence-corrected chi connectivity index (χ4v) is 5.37. The van der Waals surface area contributed by atoms with Crippen molar-refractivity contribution in [3.8, 4) is 0 Å². The average molecular weight is 413 g/mol. The summed E-state index contributed by atoms with van der Waals surface area (Å²) < 4.78 is 52.9. The SMILES string of the molecule is O=C(N/N=C/c1ccc(F)cc1F)C1CCN(S(=O)(=O)c2cccs2)CC1. The molecular weight excluding hydrogens is 396 g/mol. The molecule has 2 aromatic rings. The van der Waals surface area contributed by atoms with Crippen molar-refractivity contribution in [2.24, 2.45) is 11.0 Å². The van der Waals surface area contributed by atoms with Crippen LogP contribution in [0.15, 0.2) is 45.0 Å². The third kappa shape index (κ3) is 4.57. The number of thiophene rings is 1. The van der Waals surface area contributed by atoms with Crippen molar-refractivity contribution in [3.05, 3.63) is 52.9 Å². The number of benzene rings is 1. The van der Waals surface area contributed by atoms with E-state index in [4.69, 9.17) is 0 Å². The van der Waals surface area contributed by atoms with Gasteiger partial charge in [0.05, 0.1) is 6.21 Å². The Labute approximate surface area is 159 Å². The summed E-state index contributed by atoms with van der Waals surface area (Å²) in [5.41, 5.74) is 2.38. The first-order valence-electron chi connectivity index (χ1n) is 8.19. The molecule has 0 unspecified atom stereocenters. The monoisotopic (exact) mass is 413 g/mol. The Balaban J connectivity index is 1.53. The van der Waals surface area contributed by atoms with Crippen LogP contribution >= 0.6 is 11.3 Å². The first-order chi connectivity index (χ1) is 12.9. The predicted octanol–water partition coefficient (Wildman–Crippen LogP) is 2.58. The van der Waals surface area contributed by atoms with Crippen molar-refractivity contribution >= 4 is 33.5 Å². The molecule has 1 N–H and O–H groups in total. The lowest BCUT2D eigenvalue weighted by Gasteiger charge is -2.29. The lowest BCUT2D eigenvalue weighted by atomic mass is 9.98. The normalized spacial score (nSPS) is 16.7. The number of amides is 1. The Bertz CT molecular complexity index is 938. The number of nitrogens with one attached hydrogen (secondary N) is 1. The maximum atomic E-state index is 13.5. The Morgan fingerprint density at radius 2 is 2.00 bits per heavy atom. The summed E-state index contributed by atoms with van der Waals surface area (Å²) in [5, 5.41) is 5.40. The van der Waals surface area contributed by atoms with E-state index in [-0.39, 0.29) is 34.7 Å². The highest BCUT2D eigenvalue weighted by Gasteiger charge is 2.32. The number of hydrazone groups is 1. The maximum absolute atomic E-state index is 13.5. The van der Waals surface area contributed by atoms with Gasteiger partial charge in [-0.25, -0.2) is 22.6 Å². The zero-order chi connectivity index (χ0) is 19.4. The highest BCUT2D eigenvalue weighted by molar-refractivity contribution is 7.91. The molecule has 10 heteroatoms. The summed E-state index contributed by atoms with van der Waals surface area (Å²) in [6.45, 7) is 0.489. The molecular formula is C17H17F2N3O3S2. The van der Waals surface area contributed by atoms with Gasteiger partial charge < -0.3 is 0 Å². The number of rotatable bonds is 5. The first kappa shape index (κ1) is 19.6. The van der Waals surface area contributed by atoms with Gasteiger partial charge in [-0.15, -0.1) is 11.3 Å². The number of carbonyl (C=O) groups excluding carboxylic acids is 1. The highest BCUT2D eigenvalue weighted by atomic mass is 32.2. The summed E-state index contributed by atoms with van der Waals surface area (Å²) >= 11 is 1.16. The van der Waals surface area contributed by atoms with Crippen LogP contribution in [-0.4, -0.2) is 37.9 Å². The van der Waals surface area contributed by atoms with E-state index in [1.54, 1.807) is 17.5 Å². The van der Waals surface area contributed by atoms with Gasteiger partial charge in [0.1, 0.15) is 15.8 Å². The van der Waals surface area contributed by atoms with Crippen molar-refractivity contribution in [2.75, 3.05) is 13.1 Å². The van der Waals surface area contributed by atoms with E-state index in [1.165, 1.54) is 10.4 Å². The third-order valence-corrected chi connectivity index (χ3v) is 7.53. The van der Waals surface area contributed by atoms with Gasteiger partial charge in [-0.2, -0.15) is 9.41 Å². The van der Waals surface area contributed by atoms with Crippen LogP contribution in [0.4, 0.5) is 8.78 Å². The molecule has 0 saturated carbocycles. The average Bonchev–Trinajstić information content (AvgIpc) is 3.19. The lowest BCUT2D eigenvalue weighted by Crippen LogP contribution is -2.42. The van der Waals surface area contributed by atoms with E-state index >= 15 is 0 Å². The molecule has 1 aromatic heterocycles. The van der Waals surface area contributed by atoms with E-state index in [0.717, 1.165) is 29.7 Å². The van der Waals surface area contributed by atoms with Gasteiger partial charge in [0.25, 0.3) is 10.0 Å². The quantitative estimate of drug-likeness (QED) is 0.605. The number of hydrogen-bond donors (Lipinski definition) is 1. The maximum Gasteiger partial charge on any atom is 0.252 e. The van der Waals surface area contributed by atoms with Crippen LogP contribution in [0.25, 0.3) is 0 Å². The Morgan fingerprint density at radius 3 is 2.63 bits per heavy atom. The van der Waals surface area contributed by atoms with Crippen LogP contribution in [0.2, 0.25) is 0 Å². The standard InChI is InChI=1S/C17H17F2N3O3S2/c18-14-4-3-13(15(19)10-14)11-20-21-17(23)12-5-7-22(8-6-12)27(24,25)16-2-1-9-26-16/h1-4,9-12H,5-8H2,(H,21,23)/b20-11+. The van der Waals surface area contributed by atoms with E-state index in [1.807, 2.05) is 0 Å². The topological polar surface area (TPSA) is 78.8 Å². The fourth-order valence-electron chi connectivity index (χ4n) is 2.76. The van der Waals surface area contributed by atoms with E-state index < -0.39 is 21.7 Å². The molecule has 1 amide bonds. The van der Waals surface area contributed by atoms with Crippen molar-refractivity contribution in [3.63, 3.8) is 0 Å². The summed E-state index contributed by atoms with van der Waals surface area (Å²) in [6, 6.07) is 6.28. The van der Waals surface area contributed by atoms with Gasteiger partial charge in [-0.05, 0) is 36.4 Å². The number of carbonyl (C=O) groups is 1. The van der Waals surface area contributed by atoms with Gasteiger partial charge >= 0.3 is 0 Å². The molecule has 1 aromatic carbocycles. The number of piperidine rings is 1. The van der Waals surface area contributed by atoms with Crippen molar-refractivity contribution in [2.45, 2.75) is 17.1 Å². The zero-order valence-corrected chi connectivity index (χ0v) is 15.8. The second-order valence-corrected chi connectivity index (χ2v) is 9.12. The van der Waals surface area contributed by atoms with Gasteiger partial charge in [-0.1, -0.05) is 6.07 Å². The molecule has 0 atom stereocenters. The molecule has 1 aliphatic heterocycles. The van der Waals surface area contributed by atoms with Gasteiger partial charge in [0, 0.05) is 30.6 Å². The zero-order valence-electron chi connectivity index (χ0n) is 14.1. The van der Waals surface area contributed by atoms with E-state index in [9.17, 15) is 22.0 Å². The molecule has 0 bridgehead atoms. The van der Waals surface area contributed by atoms with Gasteiger partial charge in [0.2, 0.25) is 5.91 Å². The van der Waals surface area contributed by atoms with Crippen LogP contribution in [0.5, 0.6) is 0 Å². The van der Waals surface area contributed by atoms with Crippen LogP contribution in [0, 0.1) is 17.6 Å². The smallest absolute Gasteiger partial charge is 0.252 e. The minimum absolute atomic E-state index is 0.0496. The van der Waals surface area contributed by atoms with Crippen LogP contribution in [-0.2, 0) is 14.8 Å². The minimum atomic E-state index is -3.51. The molecule has 1 saturated heterocycles. The van der Waals surface area contributed by atoms with Crippen LogP contribution < -0.4 is 5.43 Å². The number of nitrogens with zero attached hydrogens (tertiary/aromatic N) is 2. The molecule has 0 spiro atoms. The molecule has 0 aliphatic carbocycles. The summed E-state index contributed by atoms with van der Waals surface area (Å²) in [4.78, 5) is 12.2. The second kappa shape index (κ2) is 8.24. The number of hydrogen-bond acceptors (Lipinski definition) is 5. The molecule has 1 fully saturated rings. The predicted molar refractivity (Wildman–Crippen MR) is 97.9 cm³/mol. The fraction of sp³-hybridized carbons (Fsp3) is 0.294. The molecule has 1 aliphatic rings. The van der Waals surface area contributed by atoms with Crippen molar-refractivity contribution in [1.82, 2.24) is 9.73 Å². The molecule has 3 rings (SSSR count). The molecule has 0 radical (unpaired) electrons. The lowest BCUT2D eigenvalue weighted by molar-refractivity contribution is -0.126. The van der Waals surface area contributed by atoms with Crippen LogP contribution in [0.3, 0.4) is 0 Å². The van der Waals surface area contributed by atoms with E-state index in [0.29, 0.717) is 12.8 Å². The summed E-state index contributed by atoms with van der Waals surface area (Å²) in [5.74, 6) is -2.21. The largest absolute Gasteiger partial charge is 0.273 e. The molecule has 27 heavy (non-hydrogen) atoms. The second-order valence-electron chi connectivity index (χ2n) is 6.01. The van der Waals surface area contributed by atoms with Crippen molar-refractivity contribution in [1.29, 1.82) is 0 Å². The minimum Gasteiger partial charge on any atom is -0.273 e.